The summed E-state index contributed by atoms with van der Waals surface area (Å²) in [4.78, 5) is 14.4. The summed E-state index contributed by atoms with van der Waals surface area (Å²) in [6, 6.07) is 7.59. The largest absolute Gasteiger partial charge is 0.491 e. The van der Waals surface area contributed by atoms with Gasteiger partial charge in [-0.15, -0.1) is 0 Å². The average molecular weight is 332 g/mol. The van der Waals surface area contributed by atoms with Crippen LogP contribution in [0, 0.1) is 0 Å². The predicted molar refractivity (Wildman–Crippen MR) is 94.4 cm³/mol. The third kappa shape index (κ3) is 5.49. The van der Waals surface area contributed by atoms with E-state index in [0.29, 0.717) is 13.2 Å². The van der Waals surface area contributed by atoms with Crippen LogP contribution in [-0.2, 0) is 9.53 Å². The van der Waals surface area contributed by atoms with E-state index in [-0.39, 0.29) is 12.0 Å². The highest BCUT2D eigenvalue weighted by molar-refractivity contribution is 5.92. The summed E-state index contributed by atoms with van der Waals surface area (Å²) >= 11 is 0. The Morgan fingerprint density at radius 2 is 1.88 bits per heavy atom. The Labute approximate surface area is 144 Å². The number of likely N-dealkylation sites (tertiary alicyclic amines) is 1. The minimum absolute atomic E-state index is 0.0601. The predicted octanol–water partition coefficient (Wildman–Crippen LogP) is 3.06. The van der Waals surface area contributed by atoms with Crippen LogP contribution in [-0.4, -0.2) is 49.8 Å². The van der Waals surface area contributed by atoms with Gasteiger partial charge in [0.1, 0.15) is 12.4 Å². The van der Waals surface area contributed by atoms with Crippen LogP contribution in [0.5, 0.6) is 5.75 Å². The van der Waals surface area contributed by atoms with Crippen LogP contribution in [0.3, 0.4) is 0 Å². The van der Waals surface area contributed by atoms with E-state index in [9.17, 15) is 4.79 Å². The summed E-state index contributed by atoms with van der Waals surface area (Å²) < 4.78 is 11.3. The number of rotatable bonds is 6. The summed E-state index contributed by atoms with van der Waals surface area (Å²) in [6.45, 7) is 3.99. The van der Waals surface area contributed by atoms with Crippen LogP contribution < -0.4 is 10.1 Å². The quantitative estimate of drug-likeness (QED) is 0.870. The van der Waals surface area contributed by atoms with E-state index in [2.05, 4.69) is 10.2 Å². The first-order valence-electron chi connectivity index (χ1n) is 9.16. The Bertz CT molecular complexity index is 504. The topological polar surface area (TPSA) is 50.8 Å². The molecule has 0 radical (unpaired) electrons. The molecule has 1 amide bonds. The van der Waals surface area contributed by atoms with Crippen molar-refractivity contribution in [2.24, 2.45) is 0 Å². The first-order valence-corrected chi connectivity index (χ1v) is 9.16. The highest BCUT2D eigenvalue weighted by Crippen LogP contribution is 2.18. The molecular formula is C19H28N2O3. The number of carbonyl (C=O) groups is 1. The fourth-order valence-electron chi connectivity index (χ4n) is 3.30. The molecule has 24 heavy (non-hydrogen) atoms. The van der Waals surface area contributed by atoms with E-state index in [0.717, 1.165) is 44.0 Å². The standard InChI is InChI=1S/C19H28N2O3/c22-19(14-21-11-3-1-2-4-12-21)20-16-7-9-17(10-8-16)24-15-18-6-5-13-23-18/h7-10,18H,1-6,11-15H2,(H,20,22). The van der Waals surface area contributed by atoms with Gasteiger partial charge in [-0.05, 0) is 63.0 Å². The molecule has 2 fully saturated rings. The summed E-state index contributed by atoms with van der Waals surface area (Å²) in [6.07, 6.45) is 7.38. The normalized spacial score (nSPS) is 22.1. The van der Waals surface area contributed by atoms with Crippen molar-refractivity contribution in [1.82, 2.24) is 4.90 Å². The lowest BCUT2D eigenvalue weighted by molar-refractivity contribution is -0.117. The first-order chi connectivity index (χ1) is 11.8. The van der Waals surface area contributed by atoms with Crippen LogP contribution in [0.1, 0.15) is 38.5 Å². The van der Waals surface area contributed by atoms with E-state index in [1.807, 2.05) is 24.3 Å². The highest BCUT2D eigenvalue weighted by Gasteiger charge is 2.16. The van der Waals surface area contributed by atoms with Gasteiger partial charge in [0.15, 0.2) is 0 Å². The van der Waals surface area contributed by atoms with Crippen molar-refractivity contribution >= 4 is 11.6 Å². The van der Waals surface area contributed by atoms with Crippen molar-refractivity contribution < 1.29 is 14.3 Å². The van der Waals surface area contributed by atoms with E-state index in [1.54, 1.807) is 0 Å². The molecule has 2 heterocycles. The number of anilines is 1. The van der Waals surface area contributed by atoms with Crippen LogP contribution in [0.25, 0.3) is 0 Å². The molecule has 0 bridgehead atoms. The number of amides is 1. The minimum atomic E-state index is 0.0601. The maximum absolute atomic E-state index is 12.2. The molecule has 1 aromatic carbocycles. The number of benzene rings is 1. The molecule has 2 saturated heterocycles. The number of ether oxygens (including phenoxy) is 2. The van der Waals surface area contributed by atoms with E-state index >= 15 is 0 Å². The molecule has 1 unspecified atom stereocenters. The van der Waals surface area contributed by atoms with Crippen LogP contribution in [0.15, 0.2) is 24.3 Å². The van der Waals surface area contributed by atoms with Gasteiger partial charge in [-0.1, -0.05) is 12.8 Å². The second-order valence-corrected chi connectivity index (χ2v) is 6.71. The van der Waals surface area contributed by atoms with Crippen LogP contribution >= 0.6 is 0 Å². The second-order valence-electron chi connectivity index (χ2n) is 6.71. The molecule has 2 aliphatic heterocycles. The lowest BCUT2D eigenvalue weighted by Crippen LogP contribution is -2.33. The Morgan fingerprint density at radius 3 is 2.54 bits per heavy atom. The number of hydrogen-bond donors (Lipinski definition) is 1. The van der Waals surface area contributed by atoms with Gasteiger partial charge in [-0.2, -0.15) is 0 Å². The molecular weight excluding hydrogens is 304 g/mol. The molecule has 0 saturated carbocycles. The van der Waals surface area contributed by atoms with Gasteiger partial charge < -0.3 is 14.8 Å². The Kier molecular flexibility index (Phi) is 6.49. The van der Waals surface area contributed by atoms with Crippen molar-refractivity contribution in [2.45, 2.75) is 44.6 Å². The van der Waals surface area contributed by atoms with Crippen molar-refractivity contribution in [2.75, 3.05) is 38.2 Å². The molecule has 1 N–H and O–H groups in total. The number of nitrogens with one attached hydrogen (secondary N) is 1. The van der Waals surface area contributed by atoms with E-state index < -0.39 is 0 Å². The summed E-state index contributed by atoms with van der Waals surface area (Å²) in [5.41, 5.74) is 0.819. The fraction of sp³-hybridized carbons (Fsp3) is 0.632. The zero-order valence-corrected chi connectivity index (χ0v) is 14.3. The average Bonchev–Trinajstić information content (AvgIpc) is 2.98. The number of hydrogen-bond acceptors (Lipinski definition) is 4. The van der Waals surface area contributed by atoms with Crippen molar-refractivity contribution in [3.8, 4) is 5.75 Å². The van der Waals surface area contributed by atoms with Crippen molar-refractivity contribution in [3.63, 3.8) is 0 Å². The smallest absolute Gasteiger partial charge is 0.238 e. The minimum Gasteiger partial charge on any atom is -0.491 e. The maximum atomic E-state index is 12.2. The Morgan fingerprint density at radius 1 is 1.12 bits per heavy atom. The van der Waals surface area contributed by atoms with E-state index in [1.165, 1.54) is 25.7 Å². The summed E-state index contributed by atoms with van der Waals surface area (Å²) in [5, 5.41) is 2.97. The molecule has 0 aliphatic carbocycles. The summed E-state index contributed by atoms with van der Waals surface area (Å²) in [7, 11) is 0. The molecule has 3 rings (SSSR count). The third-order valence-corrected chi connectivity index (χ3v) is 4.66. The first kappa shape index (κ1) is 17.2. The Balaban J connectivity index is 1.42. The molecule has 1 aromatic rings. The number of nitrogens with zero attached hydrogens (tertiary/aromatic N) is 1. The third-order valence-electron chi connectivity index (χ3n) is 4.66. The molecule has 5 nitrogen and oxygen atoms in total. The van der Waals surface area contributed by atoms with Gasteiger partial charge in [0, 0.05) is 12.3 Å². The molecule has 5 heteroatoms. The zero-order valence-electron chi connectivity index (χ0n) is 14.3. The van der Waals surface area contributed by atoms with Crippen LogP contribution in [0.2, 0.25) is 0 Å². The van der Waals surface area contributed by atoms with Gasteiger partial charge in [-0.3, -0.25) is 9.69 Å². The van der Waals surface area contributed by atoms with Crippen molar-refractivity contribution in [1.29, 1.82) is 0 Å². The molecule has 132 valence electrons. The molecule has 1 atom stereocenters. The Hall–Kier alpha value is -1.59. The van der Waals surface area contributed by atoms with Gasteiger partial charge in [0.05, 0.1) is 12.6 Å². The van der Waals surface area contributed by atoms with Gasteiger partial charge in [0.25, 0.3) is 0 Å². The fourth-order valence-corrected chi connectivity index (χ4v) is 3.30. The molecule has 0 aromatic heterocycles. The highest BCUT2D eigenvalue weighted by atomic mass is 16.5. The second kappa shape index (κ2) is 9.04. The summed E-state index contributed by atoms with van der Waals surface area (Å²) in [5.74, 6) is 0.876. The molecule has 0 spiro atoms. The van der Waals surface area contributed by atoms with Crippen molar-refractivity contribution in [3.05, 3.63) is 24.3 Å². The van der Waals surface area contributed by atoms with Gasteiger partial charge in [0.2, 0.25) is 5.91 Å². The lowest BCUT2D eigenvalue weighted by Gasteiger charge is -2.19. The maximum Gasteiger partial charge on any atom is 0.238 e. The number of carbonyl (C=O) groups excluding carboxylic acids is 1. The lowest BCUT2D eigenvalue weighted by atomic mass is 10.2. The van der Waals surface area contributed by atoms with Gasteiger partial charge >= 0.3 is 0 Å². The zero-order chi connectivity index (χ0) is 16.6. The van der Waals surface area contributed by atoms with Gasteiger partial charge in [-0.25, -0.2) is 0 Å². The monoisotopic (exact) mass is 332 g/mol. The van der Waals surface area contributed by atoms with Crippen LogP contribution in [0.4, 0.5) is 5.69 Å². The van der Waals surface area contributed by atoms with E-state index in [4.69, 9.17) is 9.47 Å². The molecule has 2 aliphatic rings. The SMILES string of the molecule is O=C(CN1CCCCCC1)Nc1ccc(OCC2CCCO2)cc1.